The fourth-order valence-electron chi connectivity index (χ4n) is 1.70. The topological polar surface area (TPSA) is 18.5 Å². The van der Waals surface area contributed by atoms with Gasteiger partial charge in [0.15, 0.2) is 6.29 Å². The highest BCUT2D eigenvalue weighted by atomic mass is 127. The third-order valence-electron chi connectivity index (χ3n) is 2.49. The zero-order valence-electron chi connectivity index (χ0n) is 8.07. The van der Waals surface area contributed by atoms with Crippen molar-refractivity contribution >= 4 is 22.6 Å². The Morgan fingerprint density at radius 3 is 2.57 bits per heavy atom. The van der Waals surface area contributed by atoms with Crippen molar-refractivity contribution < 1.29 is 9.47 Å². The van der Waals surface area contributed by atoms with Crippen LogP contribution in [0.4, 0.5) is 0 Å². The maximum atomic E-state index is 5.71. The Labute approximate surface area is 97.7 Å². The van der Waals surface area contributed by atoms with Crippen LogP contribution in [-0.4, -0.2) is 13.4 Å². The van der Waals surface area contributed by atoms with E-state index in [1.54, 1.807) is 7.11 Å². The van der Waals surface area contributed by atoms with Crippen molar-refractivity contribution in [1.29, 1.82) is 0 Å². The number of rotatable bonds is 2. The summed E-state index contributed by atoms with van der Waals surface area (Å²) in [6.45, 7) is 0. The molecule has 1 aliphatic heterocycles. The van der Waals surface area contributed by atoms with Crippen molar-refractivity contribution in [2.24, 2.45) is 0 Å². The molecule has 0 aliphatic carbocycles. The summed E-state index contributed by atoms with van der Waals surface area (Å²) in [7, 11) is 1.70. The zero-order valence-corrected chi connectivity index (χ0v) is 10.2. The van der Waals surface area contributed by atoms with E-state index in [0.717, 1.165) is 12.8 Å². The average Bonchev–Trinajstić information content (AvgIpc) is 2.67. The monoisotopic (exact) mass is 304 g/mol. The summed E-state index contributed by atoms with van der Waals surface area (Å²) >= 11 is 2.31. The molecule has 1 fully saturated rings. The van der Waals surface area contributed by atoms with Gasteiger partial charge in [-0.2, -0.15) is 0 Å². The molecule has 0 radical (unpaired) electrons. The number of hydrogen-bond donors (Lipinski definition) is 0. The van der Waals surface area contributed by atoms with E-state index in [0.29, 0.717) is 0 Å². The van der Waals surface area contributed by atoms with Gasteiger partial charge in [-0.15, -0.1) is 0 Å². The average molecular weight is 304 g/mol. The van der Waals surface area contributed by atoms with Gasteiger partial charge < -0.3 is 9.47 Å². The lowest BCUT2D eigenvalue weighted by atomic mass is 10.1. The third kappa shape index (κ3) is 2.27. The van der Waals surface area contributed by atoms with Gasteiger partial charge in [-0.1, -0.05) is 12.1 Å². The Kier molecular flexibility index (Phi) is 3.41. The molecule has 0 amide bonds. The van der Waals surface area contributed by atoms with Crippen molar-refractivity contribution in [2.45, 2.75) is 25.2 Å². The third-order valence-corrected chi connectivity index (χ3v) is 3.20. The second kappa shape index (κ2) is 4.59. The van der Waals surface area contributed by atoms with E-state index < -0.39 is 0 Å². The van der Waals surface area contributed by atoms with Gasteiger partial charge >= 0.3 is 0 Å². The largest absolute Gasteiger partial charge is 0.356 e. The molecule has 3 heteroatoms. The standard InChI is InChI=1S/C11H13IO2/c1-13-11-7-6-10(14-11)8-2-4-9(12)5-3-8/h2-5,10-11H,6-7H2,1H3/t10-,11+/m1/s1. The van der Waals surface area contributed by atoms with Gasteiger partial charge in [-0.3, -0.25) is 0 Å². The van der Waals surface area contributed by atoms with Gasteiger partial charge in [-0.05, 0) is 46.7 Å². The first-order valence-electron chi connectivity index (χ1n) is 4.73. The number of hydrogen-bond acceptors (Lipinski definition) is 2. The molecular formula is C11H13IO2. The summed E-state index contributed by atoms with van der Waals surface area (Å²) in [5.41, 5.74) is 1.25. The Hall–Kier alpha value is -0.130. The highest BCUT2D eigenvalue weighted by molar-refractivity contribution is 14.1. The minimum atomic E-state index is -0.0146. The van der Waals surface area contributed by atoms with Crippen LogP contribution in [-0.2, 0) is 9.47 Å². The quantitative estimate of drug-likeness (QED) is 0.782. The first-order chi connectivity index (χ1) is 6.79. The van der Waals surface area contributed by atoms with Crippen molar-refractivity contribution in [1.82, 2.24) is 0 Å². The molecule has 1 aromatic carbocycles. The molecule has 14 heavy (non-hydrogen) atoms. The van der Waals surface area contributed by atoms with Crippen LogP contribution in [0.1, 0.15) is 24.5 Å². The molecule has 0 aromatic heterocycles. The second-order valence-corrected chi connectivity index (χ2v) is 4.66. The van der Waals surface area contributed by atoms with E-state index in [1.807, 2.05) is 0 Å². The smallest absolute Gasteiger partial charge is 0.158 e. The molecule has 0 N–H and O–H groups in total. The maximum absolute atomic E-state index is 5.71. The van der Waals surface area contributed by atoms with Crippen molar-refractivity contribution in [3.05, 3.63) is 33.4 Å². The van der Waals surface area contributed by atoms with Crippen molar-refractivity contribution in [3.8, 4) is 0 Å². The van der Waals surface area contributed by atoms with Crippen LogP contribution in [0.15, 0.2) is 24.3 Å². The van der Waals surface area contributed by atoms with E-state index in [-0.39, 0.29) is 12.4 Å². The van der Waals surface area contributed by atoms with E-state index in [2.05, 4.69) is 46.9 Å². The van der Waals surface area contributed by atoms with Gasteiger partial charge in [0.05, 0.1) is 6.10 Å². The molecule has 1 heterocycles. The molecule has 0 saturated carbocycles. The van der Waals surface area contributed by atoms with Gasteiger partial charge in [0, 0.05) is 17.1 Å². The van der Waals surface area contributed by atoms with Crippen LogP contribution in [0, 0.1) is 3.57 Å². The number of benzene rings is 1. The molecule has 1 aromatic rings. The van der Waals surface area contributed by atoms with Gasteiger partial charge in [0.25, 0.3) is 0 Å². The fourth-order valence-corrected chi connectivity index (χ4v) is 2.06. The molecule has 1 saturated heterocycles. The van der Waals surface area contributed by atoms with E-state index in [1.165, 1.54) is 9.13 Å². The lowest BCUT2D eigenvalue weighted by Crippen LogP contribution is -2.08. The summed E-state index contributed by atoms with van der Waals surface area (Å²) in [5.74, 6) is 0. The van der Waals surface area contributed by atoms with Crippen molar-refractivity contribution in [3.63, 3.8) is 0 Å². The maximum Gasteiger partial charge on any atom is 0.158 e. The normalized spacial score (nSPS) is 26.7. The molecule has 0 bridgehead atoms. The lowest BCUT2D eigenvalue weighted by Gasteiger charge is -2.12. The number of halogens is 1. The van der Waals surface area contributed by atoms with E-state index >= 15 is 0 Å². The van der Waals surface area contributed by atoms with Gasteiger partial charge in [-0.25, -0.2) is 0 Å². The molecule has 2 rings (SSSR count). The molecule has 2 nitrogen and oxygen atoms in total. The van der Waals surface area contributed by atoms with Crippen molar-refractivity contribution in [2.75, 3.05) is 7.11 Å². The molecule has 1 aliphatic rings. The lowest BCUT2D eigenvalue weighted by molar-refractivity contribution is -0.115. The highest BCUT2D eigenvalue weighted by Gasteiger charge is 2.25. The first-order valence-corrected chi connectivity index (χ1v) is 5.81. The van der Waals surface area contributed by atoms with E-state index in [4.69, 9.17) is 9.47 Å². The van der Waals surface area contributed by atoms with Crippen LogP contribution >= 0.6 is 22.6 Å². The van der Waals surface area contributed by atoms with Crippen LogP contribution in [0.3, 0.4) is 0 Å². The minimum Gasteiger partial charge on any atom is -0.356 e. The Morgan fingerprint density at radius 1 is 1.29 bits per heavy atom. The van der Waals surface area contributed by atoms with Crippen LogP contribution in [0.25, 0.3) is 0 Å². The number of methoxy groups -OCH3 is 1. The van der Waals surface area contributed by atoms with Crippen LogP contribution in [0.5, 0.6) is 0 Å². The number of ether oxygens (including phenoxy) is 2. The summed E-state index contributed by atoms with van der Waals surface area (Å²) in [6, 6.07) is 8.48. The predicted octanol–water partition coefficient (Wildman–Crippen LogP) is 3.12. The predicted molar refractivity (Wildman–Crippen MR) is 63.0 cm³/mol. The Balaban J connectivity index is 2.06. The second-order valence-electron chi connectivity index (χ2n) is 3.42. The van der Waals surface area contributed by atoms with E-state index in [9.17, 15) is 0 Å². The SMILES string of the molecule is CO[C@@H]1CC[C@H](c2ccc(I)cc2)O1. The highest BCUT2D eigenvalue weighted by Crippen LogP contribution is 2.32. The summed E-state index contributed by atoms with van der Waals surface area (Å²) in [6.07, 6.45) is 2.25. The van der Waals surface area contributed by atoms with Gasteiger partial charge in [0.2, 0.25) is 0 Å². The first kappa shape index (κ1) is 10.4. The summed E-state index contributed by atoms with van der Waals surface area (Å²) in [5, 5.41) is 0. The Bertz CT molecular complexity index is 297. The van der Waals surface area contributed by atoms with Gasteiger partial charge in [0.1, 0.15) is 0 Å². The molecule has 76 valence electrons. The Morgan fingerprint density at radius 2 is 2.00 bits per heavy atom. The molecular weight excluding hydrogens is 291 g/mol. The minimum absolute atomic E-state index is 0.0146. The fraction of sp³-hybridized carbons (Fsp3) is 0.455. The van der Waals surface area contributed by atoms with Crippen LogP contribution in [0.2, 0.25) is 0 Å². The van der Waals surface area contributed by atoms with Crippen LogP contribution < -0.4 is 0 Å². The molecule has 2 atom stereocenters. The summed E-state index contributed by atoms with van der Waals surface area (Å²) < 4.78 is 12.1. The molecule has 0 unspecified atom stereocenters. The zero-order chi connectivity index (χ0) is 9.97. The summed E-state index contributed by atoms with van der Waals surface area (Å²) in [4.78, 5) is 0. The molecule has 0 spiro atoms.